The summed E-state index contributed by atoms with van der Waals surface area (Å²) in [4.78, 5) is 35.7. The highest BCUT2D eigenvalue weighted by Gasteiger charge is 2.36. The van der Waals surface area contributed by atoms with Crippen molar-refractivity contribution in [1.29, 1.82) is 0 Å². The number of ether oxygens (including phenoxy) is 2. The molecule has 0 saturated carbocycles. The van der Waals surface area contributed by atoms with E-state index >= 15 is 0 Å². The van der Waals surface area contributed by atoms with Crippen molar-refractivity contribution in [1.82, 2.24) is 9.47 Å². The molecule has 7 nitrogen and oxygen atoms in total. The molecule has 1 atom stereocenters. The topological polar surface area (TPSA) is 73.1 Å². The average Bonchev–Trinajstić information content (AvgIpc) is 3.37. The molecule has 0 bridgehead atoms. The lowest BCUT2D eigenvalue weighted by molar-refractivity contribution is -0.127. The average molecular weight is 731 g/mol. The summed E-state index contributed by atoms with van der Waals surface area (Å²) in [5, 5.41) is 2.53. The molecular weight excluding hydrogens is 698 g/mol. The van der Waals surface area contributed by atoms with E-state index in [4.69, 9.17) is 26.1 Å². The number of halogens is 2. The molecule has 240 valence electrons. The highest BCUT2D eigenvalue weighted by Crippen LogP contribution is 2.40. The Kier molecular flexibility index (Phi) is 9.68. The van der Waals surface area contributed by atoms with Gasteiger partial charge in [-0.25, -0.2) is 4.99 Å². The second kappa shape index (κ2) is 13.9. The van der Waals surface area contributed by atoms with Gasteiger partial charge in [0, 0.05) is 29.2 Å². The molecule has 2 heterocycles. The summed E-state index contributed by atoms with van der Waals surface area (Å²) in [7, 11) is 1.61. The summed E-state index contributed by atoms with van der Waals surface area (Å²) >= 11 is 11.2. The standard InChI is InChI=1S/C37H33BrClN3O4S/c1-5-41(6-2)36(44)32-22(3)40-37-42(34(32)33-26-13-9-7-11-24(26)16-18-30(33)45-4)35(43)31(47-37)20-23-15-17-29(27(38)19-23)46-21-25-12-8-10-14-28(25)39/h7-20,34H,5-6,21H2,1-4H3/b31-20+/t34-/m1/s1. The van der Waals surface area contributed by atoms with Crippen LogP contribution in [0.15, 0.2) is 104 Å². The molecule has 0 aliphatic carbocycles. The first-order valence-corrected chi connectivity index (χ1v) is 17.3. The largest absolute Gasteiger partial charge is 0.496 e. The van der Waals surface area contributed by atoms with Crippen LogP contribution >= 0.6 is 38.9 Å². The van der Waals surface area contributed by atoms with Gasteiger partial charge < -0.3 is 14.4 Å². The number of carbonyl (C=O) groups excluding carboxylic acids is 1. The lowest BCUT2D eigenvalue weighted by Gasteiger charge is -2.30. The Morgan fingerprint density at radius 2 is 1.77 bits per heavy atom. The van der Waals surface area contributed by atoms with Gasteiger partial charge in [-0.1, -0.05) is 77.5 Å². The Hall–Kier alpha value is -4.18. The van der Waals surface area contributed by atoms with Gasteiger partial charge >= 0.3 is 0 Å². The van der Waals surface area contributed by atoms with Crippen molar-refractivity contribution in [2.45, 2.75) is 33.4 Å². The summed E-state index contributed by atoms with van der Waals surface area (Å²) in [6, 6.07) is 24.3. The molecule has 0 radical (unpaired) electrons. The summed E-state index contributed by atoms with van der Waals surface area (Å²) in [5.41, 5.74) is 3.26. The van der Waals surface area contributed by atoms with Crippen LogP contribution in [-0.4, -0.2) is 35.6 Å². The van der Waals surface area contributed by atoms with Crippen LogP contribution in [-0.2, 0) is 11.4 Å². The summed E-state index contributed by atoms with van der Waals surface area (Å²) in [5.74, 6) is 1.10. The van der Waals surface area contributed by atoms with E-state index in [-0.39, 0.29) is 11.5 Å². The number of benzene rings is 4. The van der Waals surface area contributed by atoms with Gasteiger partial charge in [0.25, 0.3) is 11.5 Å². The van der Waals surface area contributed by atoms with Crippen LogP contribution in [0.2, 0.25) is 5.02 Å². The summed E-state index contributed by atoms with van der Waals surface area (Å²) in [6.07, 6.45) is 1.84. The fourth-order valence-corrected chi connectivity index (χ4v) is 7.68. The second-order valence-corrected chi connectivity index (χ2v) is 13.3. The predicted octanol–water partition coefficient (Wildman–Crippen LogP) is 7.26. The molecule has 1 aromatic heterocycles. The molecule has 0 fully saturated rings. The molecule has 1 amide bonds. The van der Waals surface area contributed by atoms with Crippen molar-refractivity contribution in [3.05, 3.63) is 136 Å². The third-order valence-corrected chi connectivity index (χ3v) is 10.3. The molecule has 4 aromatic carbocycles. The first kappa shape index (κ1) is 32.7. The minimum atomic E-state index is -0.741. The molecule has 0 saturated heterocycles. The minimum Gasteiger partial charge on any atom is -0.496 e. The van der Waals surface area contributed by atoms with E-state index in [0.717, 1.165) is 31.9 Å². The number of hydrogen-bond acceptors (Lipinski definition) is 6. The van der Waals surface area contributed by atoms with Crippen LogP contribution in [0.5, 0.6) is 11.5 Å². The molecule has 0 spiro atoms. The maximum atomic E-state index is 14.4. The van der Waals surface area contributed by atoms with E-state index < -0.39 is 6.04 Å². The Morgan fingerprint density at radius 3 is 2.49 bits per heavy atom. The zero-order valence-electron chi connectivity index (χ0n) is 26.4. The lowest BCUT2D eigenvalue weighted by atomic mass is 9.90. The van der Waals surface area contributed by atoms with Crippen molar-refractivity contribution in [2.75, 3.05) is 20.2 Å². The van der Waals surface area contributed by atoms with Gasteiger partial charge in [-0.3, -0.25) is 14.2 Å². The number of fused-ring (bicyclic) bond motifs is 2. The van der Waals surface area contributed by atoms with Crippen LogP contribution in [0.25, 0.3) is 16.8 Å². The van der Waals surface area contributed by atoms with E-state index in [1.807, 2.05) is 106 Å². The Labute approximate surface area is 290 Å². The number of carbonyl (C=O) groups is 1. The predicted molar refractivity (Wildman–Crippen MR) is 192 cm³/mol. The molecule has 1 aliphatic rings. The molecule has 1 aliphatic heterocycles. The Balaban J connectivity index is 1.48. The van der Waals surface area contributed by atoms with Crippen LogP contribution < -0.4 is 24.4 Å². The number of aromatic nitrogens is 1. The number of nitrogens with zero attached hydrogens (tertiary/aromatic N) is 3. The van der Waals surface area contributed by atoms with Crippen LogP contribution in [0.1, 0.15) is 43.5 Å². The molecule has 0 N–H and O–H groups in total. The van der Waals surface area contributed by atoms with Crippen molar-refractivity contribution in [2.24, 2.45) is 4.99 Å². The highest BCUT2D eigenvalue weighted by molar-refractivity contribution is 9.10. The minimum absolute atomic E-state index is 0.151. The SMILES string of the molecule is CCN(CC)C(=O)C1=C(C)N=c2s/c(=C/c3ccc(OCc4ccccc4Cl)c(Br)c3)c(=O)n2[C@H]1c1c(OC)ccc2ccccc12. The van der Waals surface area contributed by atoms with Crippen molar-refractivity contribution in [3.63, 3.8) is 0 Å². The van der Waals surface area contributed by atoms with E-state index in [1.54, 1.807) is 16.6 Å². The summed E-state index contributed by atoms with van der Waals surface area (Å²) in [6.45, 7) is 7.13. The smallest absolute Gasteiger partial charge is 0.271 e. The van der Waals surface area contributed by atoms with Gasteiger partial charge in [-0.15, -0.1) is 0 Å². The number of likely N-dealkylation sites (N-methyl/N-ethyl adjacent to an activating group) is 1. The maximum Gasteiger partial charge on any atom is 0.271 e. The molecule has 47 heavy (non-hydrogen) atoms. The van der Waals surface area contributed by atoms with Crippen LogP contribution in [0.3, 0.4) is 0 Å². The molecule has 0 unspecified atom stereocenters. The number of rotatable bonds is 9. The normalized spacial score (nSPS) is 14.6. The first-order valence-electron chi connectivity index (χ1n) is 15.3. The number of amides is 1. The molecule has 6 rings (SSSR count). The van der Waals surface area contributed by atoms with E-state index in [1.165, 1.54) is 11.3 Å². The third kappa shape index (κ3) is 6.27. The maximum absolute atomic E-state index is 14.4. The van der Waals surface area contributed by atoms with Gasteiger partial charge in [0.05, 0.1) is 27.4 Å². The zero-order chi connectivity index (χ0) is 33.2. The number of thiazole rings is 1. The van der Waals surface area contributed by atoms with Gasteiger partial charge in [-0.05, 0) is 83.4 Å². The van der Waals surface area contributed by atoms with Crippen LogP contribution in [0, 0.1) is 0 Å². The van der Waals surface area contributed by atoms with E-state index in [9.17, 15) is 9.59 Å². The van der Waals surface area contributed by atoms with Crippen molar-refractivity contribution < 1.29 is 14.3 Å². The van der Waals surface area contributed by atoms with E-state index in [0.29, 0.717) is 56.8 Å². The second-order valence-electron chi connectivity index (χ2n) is 11.0. The van der Waals surface area contributed by atoms with Gasteiger partial charge in [0.2, 0.25) is 0 Å². The number of hydrogen-bond donors (Lipinski definition) is 0. The van der Waals surface area contributed by atoms with Gasteiger partial charge in [0.1, 0.15) is 24.1 Å². The molecular formula is C37H33BrClN3O4S. The van der Waals surface area contributed by atoms with Crippen molar-refractivity contribution >= 4 is 61.6 Å². The Morgan fingerprint density at radius 1 is 1.04 bits per heavy atom. The fraction of sp³-hybridized carbons (Fsp3) is 0.216. The molecule has 5 aromatic rings. The third-order valence-electron chi connectivity index (χ3n) is 8.32. The fourth-order valence-electron chi connectivity index (χ4n) is 5.93. The number of methoxy groups -OCH3 is 1. The first-order chi connectivity index (χ1) is 22.7. The summed E-state index contributed by atoms with van der Waals surface area (Å²) < 4.78 is 14.8. The quantitative estimate of drug-likeness (QED) is 0.160. The number of allylic oxidation sites excluding steroid dienone is 1. The lowest BCUT2D eigenvalue weighted by Crippen LogP contribution is -2.43. The molecule has 10 heteroatoms. The van der Waals surface area contributed by atoms with Crippen LogP contribution in [0.4, 0.5) is 0 Å². The van der Waals surface area contributed by atoms with E-state index in [2.05, 4.69) is 15.9 Å². The van der Waals surface area contributed by atoms with Crippen molar-refractivity contribution in [3.8, 4) is 11.5 Å². The Bertz CT molecular complexity index is 2220. The highest BCUT2D eigenvalue weighted by atomic mass is 79.9. The van der Waals surface area contributed by atoms with Gasteiger partial charge in [-0.2, -0.15) is 0 Å². The zero-order valence-corrected chi connectivity index (χ0v) is 29.6. The monoisotopic (exact) mass is 729 g/mol. The van der Waals surface area contributed by atoms with Gasteiger partial charge in [0.15, 0.2) is 4.80 Å².